The highest BCUT2D eigenvalue weighted by Crippen LogP contribution is 2.34. The SMILES string of the molecule is CNc1nc(-c2cc(C)c(C)s2)nc2c(Cl)cc(Cl)cc12. The molecular weight excluding hydrogens is 325 g/mol. The van der Waals surface area contributed by atoms with Crippen LogP contribution in [0.2, 0.25) is 10.0 Å². The molecule has 2 heterocycles. The molecule has 0 spiro atoms. The predicted molar refractivity (Wildman–Crippen MR) is 91.9 cm³/mol. The van der Waals surface area contributed by atoms with Crippen molar-refractivity contribution in [3.05, 3.63) is 38.7 Å². The Morgan fingerprint density at radius 1 is 1.10 bits per heavy atom. The highest BCUT2D eigenvalue weighted by atomic mass is 35.5. The average molecular weight is 338 g/mol. The normalized spacial score (nSPS) is 11.1. The fourth-order valence-electron chi connectivity index (χ4n) is 2.14. The fourth-order valence-corrected chi connectivity index (χ4v) is 3.65. The van der Waals surface area contributed by atoms with E-state index in [-0.39, 0.29) is 0 Å². The molecule has 0 fully saturated rings. The van der Waals surface area contributed by atoms with Gasteiger partial charge in [0.15, 0.2) is 5.82 Å². The summed E-state index contributed by atoms with van der Waals surface area (Å²) < 4.78 is 0. The van der Waals surface area contributed by atoms with E-state index in [0.717, 1.165) is 16.1 Å². The number of benzene rings is 1. The predicted octanol–water partition coefficient (Wildman–Crippen LogP) is 5.32. The van der Waals surface area contributed by atoms with Gasteiger partial charge in [-0.2, -0.15) is 0 Å². The third-order valence-corrected chi connectivity index (χ3v) is 5.00. The lowest BCUT2D eigenvalue weighted by atomic mass is 10.2. The number of thiophene rings is 1. The molecule has 0 saturated heterocycles. The molecule has 0 aliphatic rings. The van der Waals surface area contributed by atoms with Gasteiger partial charge in [0.05, 0.1) is 15.4 Å². The van der Waals surface area contributed by atoms with Crippen molar-refractivity contribution in [1.29, 1.82) is 0 Å². The van der Waals surface area contributed by atoms with E-state index in [9.17, 15) is 0 Å². The molecule has 1 N–H and O–H groups in total. The largest absolute Gasteiger partial charge is 0.373 e. The zero-order valence-electron chi connectivity index (χ0n) is 11.8. The van der Waals surface area contributed by atoms with Crippen LogP contribution in [0.1, 0.15) is 10.4 Å². The Hall–Kier alpha value is -1.36. The van der Waals surface area contributed by atoms with Gasteiger partial charge in [0.2, 0.25) is 0 Å². The number of rotatable bonds is 2. The summed E-state index contributed by atoms with van der Waals surface area (Å²) in [5, 5.41) is 5.02. The Kier molecular flexibility index (Phi) is 3.78. The molecule has 0 unspecified atom stereocenters. The molecule has 108 valence electrons. The maximum atomic E-state index is 6.29. The van der Waals surface area contributed by atoms with Crippen molar-refractivity contribution in [3.63, 3.8) is 0 Å². The quantitative estimate of drug-likeness (QED) is 0.687. The summed E-state index contributed by atoms with van der Waals surface area (Å²) in [6.07, 6.45) is 0. The number of anilines is 1. The molecule has 0 saturated carbocycles. The van der Waals surface area contributed by atoms with Gasteiger partial charge in [-0.05, 0) is 37.6 Å². The number of hydrogen-bond acceptors (Lipinski definition) is 4. The smallest absolute Gasteiger partial charge is 0.172 e. The number of halogens is 2. The Morgan fingerprint density at radius 3 is 2.48 bits per heavy atom. The summed E-state index contributed by atoms with van der Waals surface area (Å²) in [7, 11) is 1.82. The molecule has 0 amide bonds. The second kappa shape index (κ2) is 5.44. The van der Waals surface area contributed by atoms with E-state index < -0.39 is 0 Å². The average Bonchev–Trinajstić information content (AvgIpc) is 2.78. The van der Waals surface area contributed by atoms with Crippen LogP contribution in [-0.2, 0) is 0 Å². The first kappa shape index (κ1) is 14.6. The zero-order chi connectivity index (χ0) is 15.1. The summed E-state index contributed by atoms with van der Waals surface area (Å²) in [6.45, 7) is 4.18. The maximum absolute atomic E-state index is 6.29. The van der Waals surface area contributed by atoms with E-state index in [2.05, 4.69) is 35.2 Å². The van der Waals surface area contributed by atoms with Gasteiger partial charge in [-0.3, -0.25) is 0 Å². The molecule has 2 aromatic heterocycles. The Bertz CT molecular complexity index is 823. The van der Waals surface area contributed by atoms with Crippen molar-refractivity contribution in [1.82, 2.24) is 9.97 Å². The second-order valence-electron chi connectivity index (χ2n) is 4.78. The van der Waals surface area contributed by atoms with E-state index in [1.165, 1.54) is 10.4 Å². The number of fused-ring (bicyclic) bond motifs is 1. The lowest BCUT2D eigenvalue weighted by Gasteiger charge is -2.09. The van der Waals surface area contributed by atoms with Gasteiger partial charge < -0.3 is 5.32 Å². The van der Waals surface area contributed by atoms with Gasteiger partial charge in [0.25, 0.3) is 0 Å². The summed E-state index contributed by atoms with van der Waals surface area (Å²) >= 11 is 14.0. The molecular formula is C15H13Cl2N3S. The molecule has 0 aliphatic carbocycles. The van der Waals surface area contributed by atoms with Crippen LogP contribution in [0.15, 0.2) is 18.2 Å². The van der Waals surface area contributed by atoms with E-state index >= 15 is 0 Å². The van der Waals surface area contributed by atoms with E-state index in [4.69, 9.17) is 23.2 Å². The van der Waals surface area contributed by atoms with Crippen molar-refractivity contribution >= 4 is 51.3 Å². The van der Waals surface area contributed by atoms with Crippen LogP contribution in [0.3, 0.4) is 0 Å². The van der Waals surface area contributed by atoms with Gasteiger partial charge in [0, 0.05) is 22.3 Å². The number of aryl methyl sites for hydroxylation is 2. The monoisotopic (exact) mass is 337 g/mol. The molecule has 3 aromatic rings. The fraction of sp³-hybridized carbons (Fsp3) is 0.200. The lowest BCUT2D eigenvalue weighted by molar-refractivity contribution is 1.22. The molecule has 0 bridgehead atoms. The van der Waals surface area contributed by atoms with Crippen LogP contribution in [0.4, 0.5) is 5.82 Å². The summed E-state index contributed by atoms with van der Waals surface area (Å²) in [6, 6.07) is 5.63. The molecule has 0 radical (unpaired) electrons. The number of nitrogens with one attached hydrogen (secondary N) is 1. The second-order valence-corrected chi connectivity index (χ2v) is 6.88. The van der Waals surface area contributed by atoms with E-state index in [1.54, 1.807) is 17.4 Å². The first-order chi connectivity index (χ1) is 9.99. The van der Waals surface area contributed by atoms with Crippen LogP contribution >= 0.6 is 34.5 Å². The minimum absolute atomic E-state index is 0.530. The third kappa shape index (κ3) is 2.59. The van der Waals surface area contributed by atoms with Crippen molar-refractivity contribution < 1.29 is 0 Å². The molecule has 21 heavy (non-hydrogen) atoms. The highest BCUT2D eigenvalue weighted by Gasteiger charge is 2.14. The topological polar surface area (TPSA) is 37.8 Å². The number of aromatic nitrogens is 2. The third-order valence-electron chi connectivity index (χ3n) is 3.34. The van der Waals surface area contributed by atoms with Gasteiger partial charge in [-0.25, -0.2) is 9.97 Å². The molecule has 3 rings (SSSR count). The van der Waals surface area contributed by atoms with Crippen molar-refractivity contribution in [2.75, 3.05) is 12.4 Å². The number of nitrogens with zero attached hydrogens (tertiary/aromatic N) is 2. The first-order valence-electron chi connectivity index (χ1n) is 6.41. The van der Waals surface area contributed by atoms with Crippen molar-refractivity contribution in [3.8, 4) is 10.7 Å². The minimum atomic E-state index is 0.530. The van der Waals surface area contributed by atoms with Gasteiger partial charge in [-0.1, -0.05) is 23.2 Å². The van der Waals surface area contributed by atoms with E-state index in [0.29, 0.717) is 21.4 Å². The standard InChI is InChI=1S/C15H13Cl2N3S/c1-7-4-12(21-8(7)2)15-19-13-10(14(18-3)20-15)5-9(16)6-11(13)17/h4-6H,1-3H3,(H,18,19,20). The lowest BCUT2D eigenvalue weighted by Crippen LogP contribution is -1.98. The van der Waals surface area contributed by atoms with Gasteiger partial charge in [0.1, 0.15) is 5.82 Å². The Morgan fingerprint density at radius 2 is 1.86 bits per heavy atom. The van der Waals surface area contributed by atoms with Crippen molar-refractivity contribution in [2.45, 2.75) is 13.8 Å². The highest BCUT2D eigenvalue weighted by molar-refractivity contribution is 7.15. The van der Waals surface area contributed by atoms with E-state index in [1.807, 2.05) is 13.1 Å². The minimum Gasteiger partial charge on any atom is -0.373 e. The molecule has 3 nitrogen and oxygen atoms in total. The van der Waals surface area contributed by atoms with Crippen LogP contribution < -0.4 is 5.32 Å². The van der Waals surface area contributed by atoms with Crippen molar-refractivity contribution in [2.24, 2.45) is 0 Å². The zero-order valence-corrected chi connectivity index (χ0v) is 14.1. The van der Waals surface area contributed by atoms with Crippen LogP contribution in [-0.4, -0.2) is 17.0 Å². The van der Waals surface area contributed by atoms with Crippen LogP contribution in [0.25, 0.3) is 21.6 Å². The van der Waals surface area contributed by atoms with Gasteiger partial charge in [-0.15, -0.1) is 11.3 Å². The first-order valence-corrected chi connectivity index (χ1v) is 7.99. The Labute approximate surface area is 137 Å². The summed E-state index contributed by atoms with van der Waals surface area (Å²) in [4.78, 5) is 11.5. The molecule has 6 heteroatoms. The maximum Gasteiger partial charge on any atom is 0.172 e. The molecule has 0 atom stereocenters. The Balaban J connectivity index is 2.30. The summed E-state index contributed by atoms with van der Waals surface area (Å²) in [5.41, 5.74) is 1.95. The molecule has 1 aromatic carbocycles. The van der Waals surface area contributed by atoms with Gasteiger partial charge >= 0.3 is 0 Å². The number of hydrogen-bond donors (Lipinski definition) is 1. The van der Waals surface area contributed by atoms with Crippen LogP contribution in [0.5, 0.6) is 0 Å². The summed E-state index contributed by atoms with van der Waals surface area (Å²) in [5.74, 6) is 1.40. The van der Waals surface area contributed by atoms with Crippen LogP contribution in [0, 0.1) is 13.8 Å². The molecule has 0 aliphatic heterocycles.